The highest BCUT2D eigenvalue weighted by atomic mass is 16.6. The van der Waals surface area contributed by atoms with Gasteiger partial charge in [0.05, 0.1) is 5.39 Å². The molecule has 5 heteroatoms. The molecule has 0 aliphatic rings. The zero-order chi connectivity index (χ0) is 9.42. The predicted octanol–water partition coefficient (Wildman–Crippen LogP) is 1.66. The fourth-order valence-electron chi connectivity index (χ4n) is 1.29. The second-order valence-corrected chi connectivity index (χ2v) is 2.69. The van der Waals surface area contributed by atoms with Gasteiger partial charge in [-0.1, -0.05) is 12.1 Å². The number of para-hydroxylation sites is 1. The van der Waals surface area contributed by atoms with E-state index in [0.29, 0.717) is 10.9 Å². The van der Waals surface area contributed by atoms with Crippen LogP contribution in [-0.4, -0.2) is 9.91 Å². The van der Waals surface area contributed by atoms with E-state index in [0.717, 1.165) is 0 Å². The van der Waals surface area contributed by atoms with Crippen LogP contribution in [0.5, 0.6) is 0 Å². The van der Waals surface area contributed by atoms with Gasteiger partial charge in [-0.05, 0) is 17.1 Å². The largest absolute Gasteiger partial charge is 0.391 e. The molecule has 3 N–H and O–H groups in total. The Hall–Kier alpha value is -2.04. The van der Waals surface area contributed by atoms with Crippen molar-refractivity contribution >= 4 is 22.4 Å². The van der Waals surface area contributed by atoms with Gasteiger partial charge in [0.15, 0.2) is 0 Å². The number of H-pyrrole nitrogens is 1. The van der Waals surface area contributed by atoms with Gasteiger partial charge in [0.25, 0.3) is 0 Å². The molecule has 2 rings (SSSR count). The number of nitrogens with two attached hydrogens (primary N) is 1. The molecule has 0 fully saturated rings. The van der Waals surface area contributed by atoms with E-state index in [2.05, 4.69) is 4.98 Å². The molecule has 1 heterocycles. The lowest BCUT2D eigenvalue weighted by molar-refractivity contribution is -0.388. The summed E-state index contributed by atoms with van der Waals surface area (Å²) in [5, 5.41) is 11.2. The fourth-order valence-corrected chi connectivity index (χ4v) is 1.29. The highest BCUT2D eigenvalue weighted by molar-refractivity contribution is 5.96. The summed E-state index contributed by atoms with van der Waals surface area (Å²) < 4.78 is 0. The third-order valence-electron chi connectivity index (χ3n) is 1.91. The molecule has 5 nitrogen and oxygen atoms in total. The molecule has 13 heavy (non-hydrogen) atoms. The van der Waals surface area contributed by atoms with Crippen LogP contribution in [-0.2, 0) is 0 Å². The van der Waals surface area contributed by atoms with E-state index in [1.807, 2.05) is 0 Å². The summed E-state index contributed by atoms with van der Waals surface area (Å²) in [7, 11) is 0. The van der Waals surface area contributed by atoms with Crippen molar-refractivity contribution < 1.29 is 4.92 Å². The lowest BCUT2D eigenvalue weighted by Crippen LogP contribution is -1.92. The van der Waals surface area contributed by atoms with Gasteiger partial charge in [0.1, 0.15) is 11.2 Å². The first kappa shape index (κ1) is 7.60. The zero-order valence-electron chi connectivity index (χ0n) is 6.65. The van der Waals surface area contributed by atoms with Gasteiger partial charge in [-0.3, -0.25) is 0 Å². The molecule has 0 saturated carbocycles. The Balaban J connectivity index is 2.81. The molecule has 1 aromatic carbocycles. The van der Waals surface area contributed by atoms with E-state index in [-0.39, 0.29) is 11.5 Å². The first-order chi connectivity index (χ1) is 6.20. The number of hydrogen-bond acceptors (Lipinski definition) is 3. The summed E-state index contributed by atoms with van der Waals surface area (Å²) >= 11 is 0. The molecule has 0 amide bonds. The third kappa shape index (κ3) is 1.01. The monoisotopic (exact) mass is 177 g/mol. The Morgan fingerprint density at radius 2 is 2.08 bits per heavy atom. The molecular weight excluding hydrogens is 170 g/mol. The van der Waals surface area contributed by atoms with Crippen molar-refractivity contribution in [3.8, 4) is 0 Å². The summed E-state index contributed by atoms with van der Waals surface area (Å²) in [5.41, 5.74) is 6.45. The van der Waals surface area contributed by atoms with Crippen LogP contribution in [0.1, 0.15) is 0 Å². The number of nitro groups is 1. The van der Waals surface area contributed by atoms with Crippen molar-refractivity contribution in [3.63, 3.8) is 0 Å². The molecule has 0 atom stereocenters. The third-order valence-corrected chi connectivity index (χ3v) is 1.91. The number of nitrogens with one attached hydrogen (secondary N) is 1. The smallest absolute Gasteiger partial charge is 0.345 e. The van der Waals surface area contributed by atoms with Crippen LogP contribution in [0.4, 0.5) is 11.5 Å². The number of benzene rings is 1. The summed E-state index contributed by atoms with van der Waals surface area (Å²) in [6.45, 7) is 0. The van der Waals surface area contributed by atoms with Crippen molar-refractivity contribution in [2.45, 2.75) is 0 Å². The van der Waals surface area contributed by atoms with Gasteiger partial charge in [0, 0.05) is 0 Å². The lowest BCUT2D eigenvalue weighted by atomic mass is 10.2. The topological polar surface area (TPSA) is 84.9 Å². The number of hydrogen-bond donors (Lipinski definition) is 2. The molecule has 0 aliphatic heterocycles. The first-order valence-electron chi connectivity index (χ1n) is 3.70. The molecule has 0 radical (unpaired) electrons. The Morgan fingerprint density at radius 3 is 2.69 bits per heavy atom. The second-order valence-electron chi connectivity index (χ2n) is 2.69. The Morgan fingerprint density at radius 1 is 1.38 bits per heavy atom. The van der Waals surface area contributed by atoms with Gasteiger partial charge >= 0.3 is 5.82 Å². The van der Waals surface area contributed by atoms with Gasteiger partial charge in [-0.2, -0.15) is 0 Å². The quantitative estimate of drug-likeness (QED) is 0.513. The fraction of sp³-hybridized carbons (Fsp3) is 0. The molecule has 2 aromatic rings. The molecule has 0 bridgehead atoms. The summed E-state index contributed by atoms with van der Waals surface area (Å²) in [5.74, 6) is -0.138. The van der Waals surface area contributed by atoms with Crippen molar-refractivity contribution in [1.29, 1.82) is 0 Å². The van der Waals surface area contributed by atoms with Gasteiger partial charge in [0.2, 0.25) is 0 Å². The second kappa shape index (κ2) is 2.48. The van der Waals surface area contributed by atoms with Crippen LogP contribution in [0.15, 0.2) is 24.3 Å². The number of fused-ring (bicyclic) bond motifs is 1. The van der Waals surface area contributed by atoms with Crippen molar-refractivity contribution in [3.05, 3.63) is 34.4 Å². The van der Waals surface area contributed by atoms with Crippen LogP contribution in [0.2, 0.25) is 0 Å². The molecule has 1 aromatic heterocycles. The number of nitrogen functional groups attached to an aromatic ring is 1. The van der Waals surface area contributed by atoms with E-state index >= 15 is 0 Å². The molecule has 0 saturated heterocycles. The minimum absolute atomic E-state index is 0.138. The highest BCUT2D eigenvalue weighted by Gasteiger charge is 2.16. The summed E-state index contributed by atoms with van der Waals surface area (Å²) in [6.07, 6.45) is 0. The van der Waals surface area contributed by atoms with Crippen LogP contribution >= 0.6 is 0 Å². The Bertz CT molecular complexity index is 475. The lowest BCUT2D eigenvalue weighted by Gasteiger charge is -1.90. The van der Waals surface area contributed by atoms with E-state index in [9.17, 15) is 10.1 Å². The van der Waals surface area contributed by atoms with Crippen LogP contribution in [0, 0.1) is 10.1 Å². The van der Waals surface area contributed by atoms with Crippen molar-refractivity contribution in [2.24, 2.45) is 0 Å². The first-order valence-corrected chi connectivity index (χ1v) is 3.70. The van der Waals surface area contributed by atoms with E-state index in [4.69, 9.17) is 5.73 Å². The van der Waals surface area contributed by atoms with Crippen molar-refractivity contribution in [1.82, 2.24) is 4.98 Å². The maximum absolute atomic E-state index is 10.5. The number of rotatable bonds is 1. The number of aromatic amines is 1. The standard InChI is InChI=1S/C8H7N3O2/c9-7-5-3-1-2-4-6(5)10-8(7)11(12)13/h1-4,10H,9H2. The average molecular weight is 177 g/mol. The van der Waals surface area contributed by atoms with Gasteiger partial charge < -0.3 is 15.8 Å². The molecule has 0 aliphatic carbocycles. The van der Waals surface area contributed by atoms with Gasteiger partial charge in [-0.15, -0.1) is 0 Å². The molecule has 0 unspecified atom stereocenters. The minimum Gasteiger partial charge on any atom is -0.391 e. The Kier molecular flexibility index (Phi) is 1.45. The number of aromatic nitrogens is 1. The molecule has 66 valence electrons. The minimum atomic E-state index is -0.519. The highest BCUT2D eigenvalue weighted by Crippen LogP contribution is 2.29. The maximum atomic E-state index is 10.5. The van der Waals surface area contributed by atoms with Gasteiger partial charge in [-0.25, -0.2) is 4.98 Å². The average Bonchev–Trinajstić information content (AvgIpc) is 2.45. The molecule has 0 spiro atoms. The Labute approximate surface area is 73.3 Å². The maximum Gasteiger partial charge on any atom is 0.345 e. The number of nitrogens with zero attached hydrogens (tertiary/aromatic N) is 1. The summed E-state index contributed by atoms with van der Waals surface area (Å²) in [6, 6.07) is 7.07. The van der Waals surface area contributed by atoms with Crippen LogP contribution in [0.25, 0.3) is 10.9 Å². The van der Waals surface area contributed by atoms with E-state index in [1.54, 1.807) is 24.3 Å². The van der Waals surface area contributed by atoms with E-state index in [1.165, 1.54) is 0 Å². The van der Waals surface area contributed by atoms with Crippen LogP contribution in [0.3, 0.4) is 0 Å². The normalized spacial score (nSPS) is 10.5. The van der Waals surface area contributed by atoms with Crippen LogP contribution < -0.4 is 5.73 Å². The van der Waals surface area contributed by atoms with Crippen molar-refractivity contribution in [2.75, 3.05) is 5.73 Å². The SMILES string of the molecule is Nc1c([N+](=O)[O-])[nH]c2ccccc12. The number of anilines is 1. The predicted molar refractivity (Wildman–Crippen MR) is 49.4 cm³/mol. The molecular formula is C8H7N3O2. The summed E-state index contributed by atoms with van der Waals surface area (Å²) in [4.78, 5) is 12.6. The van der Waals surface area contributed by atoms with E-state index < -0.39 is 4.92 Å². The zero-order valence-corrected chi connectivity index (χ0v) is 6.65.